The van der Waals surface area contributed by atoms with Crippen LogP contribution in [0.3, 0.4) is 0 Å². The van der Waals surface area contributed by atoms with Crippen molar-refractivity contribution in [3.8, 4) is 11.3 Å². The van der Waals surface area contributed by atoms with Crippen LogP contribution in [0.2, 0.25) is 0 Å². The zero-order chi connectivity index (χ0) is 21.0. The lowest BCUT2D eigenvalue weighted by Gasteiger charge is -2.29. The van der Waals surface area contributed by atoms with E-state index in [1.807, 2.05) is 18.3 Å². The SMILES string of the molecule is NNc1ccc(-c2cc3c(c(Nc4ccc(N5CCOCC5)cc4)n2)CNC=C3)cn1. The van der Waals surface area contributed by atoms with Gasteiger partial charge in [-0.25, -0.2) is 15.8 Å². The van der Waals surface area contributed by atoms with Crippen LogP contribution in [-0.2, 0) is 11.3 Å². The van der Waals surface area contributed by atoms with Crippen molar-refractivity contribution in [3.63, 3.8) is 0 Å². The van der Waals surface area contributed by atoms with Gasteiger partial charge in [-0.2, -0.15) is 0 Å². The summed E-state index contributed by atoms with van der Waals surface area (Å²) in [7, 11) is 0. The van der Waals surface area contributed by atoms with Crippen molar-refractivity contribution in [1.29, 1.82) is 0 Å². The number of rotatable bonds is 5. The summed E-state index contributed by atoms with van der Waals surface area (Å²) in [6, 6.07) is 14.4. The van der Waals surface area contributed by atoms with Crippen molar-refractivity contribution >= 4 is 29.1 Å². The Morgan fingerprint density at radius 3 is 2.65 bits per heavy atom. The predicted molar refractivity (Wildman–Crippen MR) is 124 cm³/mol. The fourth-order valence-electron chi connectivity index (χ4n) is 3.83. The molecule has 31 heavy (non-hydrogen) atoms. The molecule has 0 amide bonds. The average molecular weight is 416 g/mol. The van der Waals surface area contributed by atoms with Crippen molar-refractivity contribution in [2.24, 2.45) is 5.84 Å². The van der Waals surface area contributed by atoms with Crippen LogP contribution in [-0.4, -0.2) is 36.3 Å². The van der Waals surface area contributed by atoms with E-state index in [-0.39, 0.29) is 0 Å². The summed E-state index contributed by atoms with van der Waals surface area (Å²) in [5, 5.41) is 6.79. The van der Waals surface area contributed by atoms with Crippen LogP contribution in [0.25, 0.3) is 17.3 Å². The second-order valence-electron chi connectivity index (χ2n) is 7.49. The van der Waals surface area contributed by atoms with Crippen LogP contribution in [0.1, 0.15) is 11.1 Å². The maximum Gasteiger partial charge on any atom is 0.139 e. The summed E-state index contributed by atoms with van der Waals surface area (Å²) in [6.45, 7) is 4.13. The summed E-state index contributed by atoms with van der Waals surface area (Å²) in [5.74, 6) is 6.89. The normalized spacial score (nSPS) is 15.2. The number of morpholine rings is 1. The van der Waals surface area contributed by atoms with Crippen molar-refractivity contribution in [3.05, 3.63) is 66.0 Å². The van der Waals surface area contributed by atoms with Crippen LogP contribution >= 0.6 is 0 Å². The van der Waals surface area contributed by atoms with Gasteiger partial charge in [0, 0.05) is 48.3 Å². The maximum atomic E-state index is 5.45. The zero-order valence-electron chi connectivity index (χ0n) is 17.1. The summed E-state index contributed by atoms with van der Waals surface area (Å²) in [6.07, 6.45) is 5.81. The van der Waals surface area contributed by atoms with Crippen LogP contribution in [0, 0.1) is 0 Å². The highest BCUT2D eigenvalue weighted by Crippen LogP contribution is 2.30. The van der Waals surface area contributed by atoms with Gasteiger partial charge in [0.1, 0.15) is 11.6 Å². The third kappa shape index (κ3) is 4.16. The Hall–Kier alpha value is -3.62. The Morgan fingerprint density at radius 2 is 1.90 bits per heavy atom. The molecule has 8 heteroatoms. The van der Waals surface area contributed by atoms with E-state index in [4.69, 9.17) is 15.6 Å². The number of ether oxygens (including phenoxy) is 1. The minimum absolute atomic E-state index is 0.615. The molecule has 1 aromatic carbocycles. The number of nitrogens with two attached hydrogens (primary N) is 1. The first-order valence-corrected chi connectivity index (χ1v) is 10.4. The van der Waals surface area contributed by atoms with E-state index in [9.17, 15) is 0 Å². The molecule has 0 spiro atoms. The van der Waals surface area contributed by atoms with E-state index in [1.165, 1.54) is 5.69 Å². The average Bonchev–Trinajstić information content (AvgIpc) is 2.85. The number of anilines is 4. The van der Waals surface area contributed by atoms with Gasteiger partial charge in [0.15, 0.2) is 0 Å². The number of nitrogens with one attached hydrogen (secondary N) is 3. The lowest BCUT2D eigenvalue weighted by atomic mass is 10.0. The van der Waals surface area contributed by atoms with Gasteiger partial charge in [0.2, 0.25) is 0 Å². The van der Waals surface area contributed by atoms with E-state index in [1.54, 1.807) is 6.20 Å². The van der Waals surface area contributed by atoms with Gasteiger partial charge >= 0.3 is 0 Å². The quantitative estimate of drug-likeness (QED) is 0.373. The number of benzene rings is 1. The zero-order valence-corrected chi connectivity index (χ0v) is 17.1. The molecule has 1 fully saturated rings. The van der Waals surface area contributed by atoms with Crippen molar-refractivity contribution < 1.29 is 4.74 Å². The van der Waals surface area contributed by atoms with Crippen LogP contribution in [0.15, 0.2) is 54.9 Å². The Bertz CT molecular complexity index is 1070. The minimum Gasteiger partial charge on any atom is -0.387 e. The van der Waals surface area contributed by atoms with Crippen LogP contribution in [0.4, 0.5) is 23.0 Å². The van der Waals surface area contributed by atoms with Crippen molar-refractivity contribution in [2.75, 3.05) is 41.9 Å². The topological polar surface area (TPSA) is 100 Å². The molecule has 0 atom stereocenters. The van der Waals surface area contributed by atoms with Gasteiger partial charge in [-0.15, -0.1) is 0 Å². The van der Waals surface area contributed by atoms with E-state index < -0.39 is 0 Å². The summed E-state index contributed by atoms with van der Waals surface area (Å²) in [4.78, 5) is 11.6. The van der Waals surface area contributed by atoms with E-state index in [2.05, 4.69) is 62.4 Å². The van der Waals surface area contributed by atoms with Crippen LogP contribution in [0.5, 0.6) is 0 Å². The third-order valence-electron chi connectivity index (χ3n) is 5.53. The first-order valence-electron chi connectivity index (χ1n) is 10.4. The molecule has 8 nitrogen and oxygen atoms in total. The smallest absolute Gasteiger partial charge is 0.139 e. The van der Waals surface area contributed by atoms with Gasteiger partial charge in [-0.05, 0) is 60.3 Å². The molecular weight excluding hydrogens is 390 g/mol. The van der Waals surface area contributed by atoms with Gasteiger partial charge < -0.3 is 25.7 Å². The largest absolute Gasteiger partial charge is 0.387 e. The lowest BCUT2D eigenvalue weighted by molar-refractivity contribution is 0.122. The molecule has 0 aliphatic carbocycles. The predicted octanol–water partition coefficient (Wildman–Crippen LogP) is 3.08. The highest BCUT2D eigenvalue weighted by atomic mass is 16.5. The first kappa shape index (κ1) is 19.3. The second-order valence-corrected chi connectivity index (χ2v) is 7.49. The number of nitrogen functional groups attached to an aromatic ring is 1. The second kappa shape index (κ2) is 8.63. The molecule has 158 valence electrons. The van der Waals surface area contributed by atoms with E-state index in [0.29, 0.717) is 5.82 Å². The molecule has 0 bridgehead atoms. The van der Waals surface area contributed by atoms with Gasteiger partial charge in [-0.3, -0.25) is 0 Å². The molecular formula is C23H25N7O. The fourth-order valence-corrected chi connectivity index (χ4v) is 3.83. The Balaban J connectivity index is 1.44. The number of hydrogen-bond donors (Lipinski definition) is 4. The van der Waals surface area contributed by atoms with Gasteiger partial charge in [-0.1, -0.05) is 0 Å². The van der Waals surface area contributed by atoms with Gasteiger partial charge in [0.05, 0.1) is 18.9 Å². The summed E-state index contributed by atoms with van der Waals surface area (Å²) < 4.78 is 5.45. The molecule has 0 saturated carbocycles. The number of hydrazine groups is 1. The number of hydrogen-bond acceptors (Lipinski definition) is 8. The molecule has 0 radical (unpaired) electrons. The lowest BCUT2D eigenvalue weighted by Crippen LogP contribution is -2.36. The van der Waals surface area contributed by atoms with Gasteiger partial charge in [0.25, 0.3) is 0 Å². The number of pyridine rings is 2. The van der Waals surface area contributed by atoms with Crippen molar-refractivity contribution in [2.45, 2.75) is 6.54 Å². The molecule has 2 aliphatic heterocycles. The molecule has 2 aromatic heterocycles. The van der Waals surface area contributed by atoms with E-state index in [0.717, 1.165) is 66.7 Å². The highest BCUT2D eigenvalue weighted by Gasteiger charge is 2.16. The number of nitrogens with zero attached hydrogens (tertiary/aromatic N) is 3. The minimum atomic E-state index is 0.615. The Labute approximate surface area is 181 Å². The monoisotopic (exact) mass is 415 g/mol. The van der Waals surface area contributed by atoms with E-state index >= 15 is 0 Å². The fraction of sp³-hybridized carbons (Fsp3) is 0.217. The Morgan fingerprint density at radius 1 is 1.06 bits per heavy atom. The highest BCUT2D eigenvalue weighted by molar-refractivity contribution is 5.74. The molecule has 3 aromatic rings. The maximum absolute atomic E-state index is 5.45. The molecule has 2 aliphatic rings. The first-order chi connectivity index (χ1) is 15.3. The molecule has 0 unspecified atom stereocenters. The van der Waals surface area contributed by atoms with Crippen molar-refractivity contribution in [1.82, 2.24) is 15.3 Å². The number of fused-ring (bicyclic) bond motifs is 1. The summed E-state index contributed by atoms with van der Waals surface area (Å²) >= 11 is 0. The molecule has 4 heterocycles. The Kier molecular flexibility index (Phi) is 5.39. The molecule has 5 N–H and O–H groups in total. The summed E-state index contributed by atoms with van der Waals surface area (Å²) in [5.41, 5.74) is 8.82. The third-order valence-corrected chi connectivity index (χ3v) is 5.53. The molecule has 5 rings (SSSR count). The molecule has 1 saturated heterocycles. The number of aromatic nitrogens is 2. The standard InChI is InChI=1S/C23H25N7O/c24-29-22-6-1-17(14-26-22)21-13-16-7-8-25-15-20(16)23(28-21)27-18-2-4-19(5-3-18)30-9-11-31-12-10-30/h1-8,13-14,25H,9-12,15,24H2,(H,26,29)(H,27,28). The van der Waals surface area contributed by atoms with Crippen LogP contribution < -0.4 is 26.8 Å².